The quantitative estimate of drug-likeness (QED) is 0.782. The highest BCUT2D eigenvalue weighted by molar-refractivity contribution is 7.99. The highest BCUT2D eigenvalue weighted by Crippen LogP contribution is 2.35. The molecule has 1 heterocycles. The number of hydrogen-bond donors (Lipinski definition) is 3. The SMILES string of the molecule is O=C(NCCc1ccc(CO)cc1)NC1CCSc2ccccc21. The maximum atomic E-state index is 12.1. The van der Waals surface area contributed by atoms with E-state index in [1.807, 2.05) is 48.2 Å². The van der Waals surface area contributed by atoms with Gasteiger partial charge in [0.1, 0.15) is 0 Å². The van der Waals surface area contributed by atoms with E-state index < -0.39 is 0 Å². The Bertz CT molecular complexity index is 688. The van der Waals surface area contributed by atoms with Crippen LogP contribution in [0, 0.1) is 0 Å². The van der Waals surface area contributed by atoms with E-state index in [1.54, 1.807) is 0 Å². The Kier molecular flexibility index (Phi) is 5.77. The lowest BCUT2D eigenvalue weighted by atomic mass is 10.0. The lowest BCUT2D eigenvalue weighted by Gasteiger charge is -2.25. The largest absolute Gasteiger partial charge is 0.392 e. The molecule has 2 amide bonds. The second-order valence-electron chi connectivity index (χ2n) is 5.85. The summed E-state index contributed by atoms with van der Waals surface area (Å²) in [6.45, 7) is 0.648. The monoisotopic (exact) mass is 342 g/mol. The van der Waals surface area contributed by atoms with Crippen LogP contribution in [0.1, 0.15) is 29.2 Å². The molecule has 0 fully saturated rings. The number of urea groups is 1. The van der Waals surface area contributed by atoms with Gasteiger partial charge in [0.15, 0.2) is 0 Å². The summed E-state index contributed by atoms with van der Waals surface area (Å²) < 4.78 is 0. The van der Waals surface area contributed by atoms with Crippen molar-refractivity contribution in [2.75, 3.05) is 12.3 Å². The molecule has 3 N–H and O–H groups in total. The van der Waals surface area contributed by atoms with Gasteiger partial charge in [0.2, 0.25) is 0 Å². The first-order chi connectivity index (χ1) is 11.8. The molecule has 0 saturated carbocycles. The van der Waals surface area contributed by atoms with E-state index >= 15 is 0 Å². The smallest absolute Gasteiger partial charge is 0.315 e. The minimum Gasteiger partial charge on any atom is -0.392 e. The van der Waals surface area contributed by atoms with Crippen LogP contribution in [0.15, 0.2) is 53.4 Å². The maximum absolute atomic E-state index is 12.1. The minimum atomic E-state index is -0.117. The van der Waals surface area contributed by atoms with Crippen LogP contribution in [-0.4, -0.2) is 23.4 Å². The summed E-state index contributed by atoms with van der Waals surface area (Å²) in [5.74, 6) is 1.03. The second kappa shape index (κ2) is 8.22. The van der Waals surface area contributed by atoms with Gasteiger partial charge in [-0.15, -0.1) is 11.8 Å². The lowest BCUT2D eigenvalue weighted by Crippen LogP contribution is -2.39. The van der Waals surface area contributed by atoms with Gasteiger partial charge in [-0.1, -0.05) is 42.5 Å². The highest BCUT2D eigenvalue weighted by atomic mass is 32.2. The van der Waals surface area contributed by atoms with Crippen molar-refractivity contribution < 1.29 is 9.90 Å². The molecule has 126 valence electrons. The fourth-order valence-electron chi connectivity index (χ4n) is 2.83. The molecule has 5 heteroatoms. The van der Waals surface area contributed by atoms with Crippen molar-refractivity contribution in [1.82, 2.24) is 10.6 Å². The summed E-state index contributed by atoms with van der Waals surface area (Å²) in [6, 6.07) is 16.0. The number of fused-ring (bicyclic) bond motifs is 1. The minimum absolute atomic E-state index is 0.0576. The van der Waals surface area contributed by atoms with E-state index in [1.165, 1.54) is 10.5 Å². The van der Waals surface area contributed by atoms with E-state index in [0.717, 1.165) is 29.7 Å². The van der Waals surface area contributed by atoms with Crippen molar-refractivity contribution in [1.29, 1.82) is 0 Å². The van der Waals surface area contributed by atoms with Crippen LogP contribution >= 0.6 is 11.8 Å². The molecular weight excluding hydrogens is 320 g/mol. The van der Waals surface area contributed by atoms with Gasteiger partial charge in [-0.25, -0.2) is 4.79 Å². The molecular formula is C19H22N2O2S. The Balaban J connectivity index is 1.48. The van der Waals surface area contributed by atoms with Crippen molar-refractivity contribution in [2.24, 2.45) is 0 Å². The molecule has 1 unspecified atom stereocenters. The topological polar surface area (TPSA) is 61.4 Å². The summed E-state index contributed by atoms with van der Waals surface area (Å²) in [5, 5.41) is 15.1. The number of aliphatic hydroxyl groups excluding tert-OH is 1. The molecule has 24 heavy (non-hydrogen) atoms. The van der Waals surface area contributed by atoms with Crippen LogP contribution in [0.2, 0.25) is 0 Å². The Morgan fingerprint density at radius 2 is 1.88 bits per heavy atom. The van der Waals surface area contributed by atoms with Crippen LogP contribution in [0.25, 0.3) is 0 Å². The van der Waals surface area contributed by atoms with Crippen LogP contribution in [0.5, 0.6) is 0 Å². The maximum Gasteiger partial charge on any atom is 0.315 e. The number of carbonyl (C=O) groups is 1. The normalized spacial score (nSPS) is 16.3. The molecule has 0 spiro atoms. The molecule has 1 aliphatic heterocycles. The number of nitrogens with one attached hydrogen (secondary N) is 2. The van der Waals surface area contributed by atoms with E-state index in [9.17, 15) is 4.79 Å². The molecule has 0 radical (unpaired) electrons. The van der Waals surface area contributed by atoms with Gasteiger partial charge in [0.25, 0.3) is 0 Å². The number of aliphatic hydroxyl groups is 1. The summed E-state index contributed by atoms with van der Waals surface area (Å²) in [7, 11) is 0. The van der Waals surface area contributed by atoms with Crippen molar-refractivity contribution in [2.45, 2.75) is 30.4 Å². The summed E-state index contributed by atoms with van der Waals surface area (Å²) in [4.78, 5) is 13.4. The number of hydrogen-bond acceptors (Lipinski definition) is 3. The predicted octanol–water partition coefficient (Wildman–Crippen LogP) is 3.26. The second-order valence-corrected chi connectivity index (χ2v) is 6.99. The van der Waals surface area contributed by atoms with Gasteiger partial charge in [-0.3, -0.25) is 0 Å². The molecule has 0 saturated heterocycles. The van der Waals surface area contributed by atoms with Crippen molar-refractivity contribution in [3.8, 4) is 0 Å². The highest BCUT2D eigenvalue weighted by Gasteiger charge is 2.21. The number of rotatable bonds is 5. The van der Waals surface area contributed by atoms with Gasteiger partial charge < -0.3 is 15.7 Å². The third-order valence-electron chi connectivity index (χ3n) is 4.17. The number of carbonyl (C=O) groups excluding carboxylic acids is 1. The van der Waals surface area contributed by atoms with Crippen LogP contribution in [0.3, 0.4) is 0 Å². The zero-order chi connectivity index (χ0) is 16.8. The zero-order valence-corrected chi connectivity index (χ0v) is 14.3. The number of benzene rings is 2. The number of thioether (sulfide) groups is 1. The molecule has 4 nitrogen and oxygen atoms in total. The predicted molar refractivity (Wildman–Crippen MR) is 97.1 cm³/mol. The van der Waals surface area contributed by atoms with Crippen molar-refractivity contribution >= 4 is 17.8 Å². The van der Waals surface area contributed by atoms with Gasteiger partial charge >= 0.3 is 6.03 Å². The Labute approximate surface area is 146 Å². The number of amides is 2. The molecule has 0 aromatic heterocycles. The van der Waals surface area contributed by atoms with Crippen molar-refractivity contribution in [3.63, 3.8) is 0 Å². The molecule has 1 aliphatic rings. The molecule has 0 bridgehead atoms. The molecule has 3 rings (SSSR count). The summed E-state index contributed by atoms with van der Waals surface area (Å²) >= 11 is 1.85. The van der Waals surface area contributed by atoms with Gasteiger partial charge in [0.05, 0.1) is 12.6 Å². The lowest BCUT2D eigenvalue weighted by molar-refractivity contribution is 0.236. The summed E-state index contributed by atoms with van der Waals surface area (Å²) in [6.07, 6.45) is 1.73. The Morgan fingerprint density at radius 3 is 2.67 bits per heavy atom. The Morgan fingerprint density at radius 1 is 1.12 bits per heavy atom. The van der Waals surface area contributed by atoms with E-state index in [2.05, 4.69) is 22.8 Å². The fourth-order valence-corrected chi connectivity index (χ4v) is 3.96. The average molecular weight is 342 g/mol. The fraction of sp³-hybridized carbons (Fsp3) is 0.316. The van der Waals surface area contributed by atoms with Gasteiger partial charge in [-0.2, -0.15) is 0 Å². The van der Waals surface area contributed by atoms with E-state index in [4.69, 9.17) is 5.11 Å². The van der Waals surface area contributed by atoms with E-state index in [-0.39, 0.29) is 18.7 Å². The molecule has 0 aliphatic carbocycles. The summed E-state index contributed by atoms with van der Waals surface area (Å²) in [5.41, 5.74) is 3.26. The van der Waals surface area contributed by atoms with Crippen LogP contribution in [-0.2, 0) is 13.0 Å². The molecule has 2 aromatic rings. The van der Waals surface area contributed by atoms with Crippen molar-refractivity contribution in [3.05, 3.63) is 65.2 Å². The van der Waals surface area contributed by atoms with Crippen LogP contribution < -0.4 is 10.6 Å². The molecule has 2 aromatic carbocycles. The third-order valence-corrected chi connectivity index (χ3v) is 5.29. The first-order valence-electron chi connectivity index (χ1n) is 8.21. The molecule has 1 atom stereocenters. The van der Waals surface area contributed by atoms with E-state index in [0.29, 0.717) is 6.54 Å². The first-order valence-corrected chi connectivity index (χ1v) is 9.19. The standard InChI is InChI=1S/C19H22N2O2S/c22-13-15-7-5-14(6-8-15)9-11-20-19(23)21-17-10-12-24-18-4-2-1-3-16(17)18/h1-8,17,22H,9-13H2,(H2,20,21,23). The first kappa shape index (κ1) is 16.9. The average Bonchev–Trinajstić information content (AvgIpc) is 2.63. The van der Waals surface area contributed by atoms with Gasteiger partial charge in [-0.05, 0) is 35.6 Å². The zero-order valence-electron chi connectivity index (χ0n) is 13.5. The van der Waals surface area contributed by atoms with Gasteiger partial charge in [0, 0.05) is 17.2 Å². The van der Waals surface area contributed by atoms with Crippen LogP contribution in [0.4, 0.5) is 4.79 Å². The Hall–Kier alpha value is -1.98. The third kappa shape index (κ3) is 4.30.